The zero-order chi connectivity index (χ0) is 23.4. The van der Waals surface area contributed by atoms with Crippen LogP contribution < -0.4 is 9.47 Å². The van der Waals surface area contributed by atoms with Gasteiger partial charge in [0, 0.05) is 17.2 Å². The van der Waals surface area contributed by atoms with Crippen molar-refractivity contribution in [1.82, 2.24) is 9.97 Å². The van der Waals surface area contributed by atoms with Gasteiger partial charge in [-0.2, -0.15) is 0 Å². The van der Waals surface area contributed by atoms with Gasteiger partial charge in [0.1, 0.15) is 23.9 Å². The highest BCUT2D eigenvalue weighted by Crippen LogP contribution is 2.62. The van der Waals surface area contributed by atoms with Gasteiger partial charge in [0.2, 0.25) is 0 Å². The number of fused-ring (bicyclic) bond motifs is 1. The van der Waals surface area contributed by atoms with Crippen molar-refractivity contribution in [2.45, 2.75) is 50.5 Å². The van der Waals surface area contributed by atoms with Gasteiger partial charge in [-0.3, -0.25) is 0 Å². The van der Waals surface area contributed by atoms with Crippen LogP contribution in [0.4, 0.5) is 0 Å². The number of nitrogens with zero attached hydrogens (tertiary/aromatic N) is 1. The molecule has 0 atom stereocenters. The van der Waals surface area contributed by atoms with E-state index in [-0.39, 0.29) is 5.41 Å². The maximum atomic E-state index is 6.55. The molecule has 0 amide bonds. The van der Waals surface area contributed by atoms with Crippen LogP contribution in [0.15, 0.2) is 66.7 Å². The van der Waals surface area contributed by atoms with Crippen LogP contribution in [-0.2, 0) is 12.0 Å². The molecule has 8 rings (SSSR count). The molecule has 1 heterocycles. The molecule has 4 aliphatic rings. The molecule has 4 heteroatoms. The van der Waals surface area contributed by atoms with Crippen molar-refractivity contribution in [1.29, 1.82) is 0 Å². The van der Waals surface area contributed by atoms with Gasteiger partial charge in [0.25, 0.3) is 0 Å². The molecule has 4 fully saturated rings. The van der Waals surface area contributed by atoms with Crippen LogP contribution in [0.25, 0.3) is 22.4 Å². The third kappa shape index (κ3) is 3.71. The Kier molecular flexibility index (Phi) is 4.90. The molecule has 0 spiro atoms. The summed E-state index contributed by atoms with van der Waals surface area (Å²) in [6.45, 7) is 0.601. The predicted octanol–water partition coefficient (Wildman–Crippen LogP) is 7.29. The average molecular weight is 465 g/mol. The number of imidazole rings is 1. The lowest BCUT2D eigenvalue weighted by Crippen LogP contribution is -2.48. The van der Waals surface area contributed by atoms with Gasteiger partial charge in [-0.05, 0) is 97.6 Å². The fourth-order valence-electron chi connectivity index (χ4n) is 7.64. The number of benzene rings is 3. The van der Waals surface area contributed by atoms with Gasteiger partial charge in [-0.15, -0.1) is 0 Å². The van der Waals surface area contributed by atoms with E-state index in [4.69, 9.17) is 14.5 Å². The zero-order valence-electron chi connectivity index (χ0n) is 20.3. The van der Waals surface area contributed by atoms with E-state index in [0.29, 0.717) is 6.61 Å². The van der Waals surface area contributed by atoms with Gasteiger partial charge in [0.05, 0.1) is 18.1 Å². The quantitative estimate of drug-likeness (QED) is 0.326. The van der Waals surface area contributed by atoms with Gasteiger partial charge in [0.15, 0.2) is 0 Å². The normalized spacial score (nSPS) is 26.8. The minimum absolute atomic E-state index is 0.242. The first-order valence-corrected chi connectivity index (χ1v) is 13.0. The molecular weight excluding hydrogens is 432 g/mol. The summed E-state index contributed by atoms with van der Waals surface area (Å²) in [5, 5.41) is 0. The smallest absolute Gasteiger partial charge is 0.138 e. The third-order valence-corrected chi connectivity index (χ3v) is 8.79. The molecule has 1 N–H and O–H groups in total. The molecule has 0 aliphatic heterocycles. The number of rotatable bonds is 6. The summed E-state index contributed by atoms with van der Waals surface area (Å²) in [6.07, 6.45) is 8.23. The monoisotopic (exact) mass is 464 g/mol. The Hall–Kier alpha value is -3.27. The maximum Gasteiger partial charge on any atom is 0.138 e. The topological polar surface area (TPSA) is 47.1 Å². The van der Waals surface area contributed by atoms with E-state index in [0.717, 1.165) is 51.7 Å². The fraction of sp³-hybridized carbons (Fsp3) is 0.387. The van der Waals surface area contributed by atoms with Crippen LogP contribution in [0.3, 0.4) is 0 Å². The second-order valence-corrected chi connectivity index (χ2v) is 11.2. The molecule has 3 aromatic carbocycles. The molecule has 4 aromatic rings. The van der Waals surface area contributed by atoms with Crippen LogP contribution in [0.2, 0.25) is 0 Å². The number of hydrogen-bond donors (Lipinski definition) is 1. The molecule has 0 radical (unpaired) electrons. The second-order valence-electron chi connectivity index (χ2n) is 11.2. The first-order valence-electron chi connectivity index (χ1n) is 13.0. The van der Waals surface area contributed by atoms with Crippen LogP contribution in [0.5, 0.6) is 11.5 Å². The molecular formula is C31H32N2O2. The summed E-state index contributed by atoms with van der Waals surface area (Å²) in [5.41, 5.74) is 5.95. The highest BCUT2D eigenvalue weighted by atomic mass is 16.5. The summed E-state index contributed by atoms with van der Waals surface area (Å²) >= 11 is 0. The molecule has 1 aromatic heterocycles. The number of aromatic amines is 1. The summed E-state index contributed by atoms with van der Waals surface area (Å²) in [7, 11) is 1.70. The lowest BCUT2D eigenvalue weighted by atomic mass is 9.48. The lowest BCUT2D eigenvalue weighted by molar-refractivity contribution is -0.00645. The second kappa shape index (κ2) is 8.15. The Balaban J connectivity index is 1.30. The van der Waals surface area contributed by atoms with E-state index in [1.807, 2.05) is 18.2 Å². The average Bonchev–Trinajstić information content (AvgIpc) is 3.30. The van der Waals surface area contributed by atoms with Gasteiger partial charge >= 0.3 is 0 Å². The van der Waals surface area contributed by atoms with Crippen LogP contribution in [0, 0.1) is 17.8 Å². The highest BCUT2D eigenvalue weighted by molar-refractivity contribution is 5.81. The first-order chi connectivity index (χ1) is 17.2. The van der Waals surface area contributed by atoms with Crippen molar-refractivity contribution in [3.63, 3.8) is 0 Å². The molecule has 0 saturated heterocycles. The third-order valence-electron chi connectivity index (χ3n) is 8.79. The van der Waals surface area contributed by atoms with Crippen LogP contribution in [0.1, 0.15) is 49.7 Å². The van der Waals surface area contributed by atoms with E-state index in [1.54, 1.807) is 7.11 Å². The lowest BCUT2D eigenvalue weighted by Gasteiger charge is -2.57. The number of ether oxygens (including phenoxy) is 2. The van der Waals surface area contributed by atoms with Gasteiger partial charge in [-0.25, -0.2) is 4.98 Å². The van der Waals surface area contributed by atoms with Crippen molar-refractivity contribution < 1.29 is 9.47 Å². The Morgan fingerprint density at radius 1 is 0.886 bits per heavy atom. The van der Waals surface area contributed by atoms with Crippen molar-refractivity contribution in [3.8, 4) is 22.9 Å². The first kappa shape index (κ1) is 21.0. The summed E-state index contributed by atoms with van der Waals surface area (Å²) < 4.78 is 11.9. The summed E-state index contributed by atoms with van der Waals surface area (Å²) in [5.74, 6) is 5.43. The summed E-state index contributed by atoms with van der Waals surface area (Å²) in [4.78, 5) is 8.46. The highest BCUT2D eigenvalue weighted by Gasteiger charge is 2.52. The molecule has 0 unspecified atom stereocenters. The Morgan fingerprint density at radius 2 is 1.63 bits per heavy atom. The van der Waals surface area contributed by atoms with Crippen LogP contribution in [-0.4, -0.2) is 17.1 Å². The molecule has 4 nitrogen and oxygen atoms in total. The van der Waals surface area contributed by atoms with E-state index < -0.39 is 0 Å². The van der Waals surface area contributed by atoms with Gasteiger partial charge in [-0.1, -0.05) is 30.3 Å². The van der Waals surface area contributed by atoms with E-state index in [9.17, 15) is 0 Å². The largest absolute Gasteiger partial charge is 0.497 e. The SMILES string of the molecule is COc1ccc2[nH]c(-c3ccc(OCc4ccccc4)c(C45CC6CC(CC(C6)C4)C5)c3)nc2c1. The van der Waals surface area contributed by atoms with Crippen molar-refractivity contribution in [2.24, 2.45) is 17.8 Å². The number of hydrogen-bond acceptors (Lipinski definition) is 3. The maximum absolute atomic E-state index is 6.55. The van der Waals surface area contributed by atoms with E-state index in [2.05, 4.69) is 53.5 Å². The van der Waals surface area contributed by atoms with E-state index >= 15 is 0 Å². The Labute approximate surface area is 206 Å². The van der Waals surface area contributed by atoms with Crippen molar-refractivity contribution >= 4 is 11.0 Å². The number of methoxy groups -OCH3 is 1. The minimum atomic E-state index is 0.242. The van der Waals surface area contributed by atoms with Crippen molar-refractivity contribution in [3.05, 3.63) is 77.9 Å². The molecule has 4 aliphatic carbocycles. The van der Waals surface area contributed by atoms with Crippen molar-refractivity contribution in [2.75, 3.05) is 7.11 Å². The van der Waals surface area contributed by atoms with Crippen LogP contribution >= 0.6 is 0 Å². The standard InChI is InChI=1S/C31H32N2O2/c1-34-25-8-9-27-28(15-25)33-30(32-27)24-7-10-29(35-19-20-5-3-2-4-6-20)26(14-24)31-16-21-11-22(17-31)13-23(12-21)18-31/h2-10,14-15,21-23H,11-13,16-19H2,1H3,(H,32,33). The summed E-state index contributed by atoms with van der Waals surface area (Å²) in [6, 6.07) is 23.3. The zero-order valence-corrected chi connectivity index (χ0v) is 20.3. The van der Waals surface area contributed by atoms with Gasteiger partial charge < -0.3 is 14.5 Å². The number of nitrogens with one attached hydrogen (secondary N) is 1. The molecule has 35 heavy (non-hydrogen) atoms. The Bertz CT molecular complexity index is 1340. The minimum Gasteiger partial charge on any atom is -0.497 e. The molecule has 178 valence electrons. The predicted molar refractivity (Wildman–Crippen MR) is 139 cm³/mol. The Morgan fingerprint density at radius 3 is 2.34 bits per heavy atom. The molecule has 4 saturated carbocycles. The number of aromatic nitrogens is 2. The number of H-pyrrole nitrogens is 1. The fourth-order valence-corrected chi connectivity index (χ4v) is 7.64. The van der Waals surface area contributed by atoms with E-state index in [1.165, 1.54) is 49.7 Å². The molecule has 4 bridgehead atoms.